The molecule has 1 aliphatic rings. The normalized spacial score (nSPS) is 23.2. The van der Waals surface area contributed by atoms with Gasteiger partial charge in [-0.05, 0) is 37.5 Å². The van der Waals surface area contributed by atoms with Gasteiger partial charge in [-0.3, -0.25) is 4.68 Å². The molecule has 1 atom stereocenters. The Kier molecular flexibility index (Phi) is 2.94. The molecule has 0 aromatic carbocycles. The van der Waals surface area contributed by atoms with Gasteiger partial charge in [0.2, 0.25) is 0 Å². The molecular formula is C14H23N3. The molecule has 0 bridgehead atoms. The fourth-order valence-corrected chi connectivity index (χ4v) is 2.95. The van der Waals surface area contributed by atoms with Gasteiger partial charge in [-0.15, -0.1) is 0 Å². The standard InChI is InChI=1S/C14H23N3/c1-5-11(6-2)14(4)8-12(15)13-7-10(3)9-17(13)16-14/h7-9,11,16H,5-6,15H2,1-4H3. The van der Waals surface area contributed by atoms with E-state index >= 15 is 0 Å². The summed E-state index contributed by atoms with van der Waals surface area (Å²) in [6, 6.07) is 2.12. The Morgan fingerprint density at radius 3 is 2.65 bits per heavy atom. The van der Waals surface area contributed by atoms with E-state index in [0.29, 0.717) is 5.92 Å². The smallest absolute Gasteiger partial charge is 0.0849 e. The van der Waals surface area contributed by atoms with Gasteiger partial charge in [-0.25, -0.2) is 0 Å². The maximum absolute atomic E-state index is 6.18. The van der Waals surface area contributed by atoms with Crippen LogP contribution in [0.1, 0.15) is 44.9 Å². The second kappa shape index (κ2) is 4.13. The van der Waals surface area contributed by atoms with Crippen LogP contribution in [0, 0.1) is 12.8 Å². The molecule has 0 spiro atoms. The molecule has 0 radical (unpaired) electrons. The molecule has 17 heavy (non-hydrogen) atoms. The van der Waals surface area contributed by atoms with Crippen molar-refractivity contribution in [2.75, 3.05) is 5.43 Å². The van der Waals surface area contributed by atoms with Crippen molar-refractivity contribution in [2.45, 2.75) is 46.1 Å². The van der Waals surface area contributed by atoms with Gasteiger partial charge in [-0.2, -0.15) is 0 Å². The third-order valence-corrected chi connectivity index (χ3v) is 3.90. The van der Waals surface area contributed by atoms with E-state index in [1.54, 1.807) is 0 Å². The van der Waals surface area contributed by atoms with Gasteiger partial charge in [0.15, 0.2) is 0 Å². The van der Waals surface area contributed by atoms with Crippen molar-refractivity contribution >= 4 is 5.70 Å². The SMILES string of the molecule is CCC(CC)C1(C)C=C(N)c2cc(C)cn2N1. The summed E-state index contributed by atoms with van der Waals surface area (Å²) in [6.45, 7) is 8.80. The zero-order valence-corrected chi connectivity index (χ0v) is 11.2. The Bertz CT molecular complexity index is 440. The first-order valence-corrected chi connectivity index (χ1v) is 6.46. The van der Waals surface area contributed by atoms with Crippen molar-refractivity contribution in [3.63, 3.8) is 0 Å². The van der Waals surface area contributed by atoms with Gasteiger partial charge in [0.05, 0.1) is 16.9 Å². The van der Waals surface area contributed by atoms with Crippen LogP contribution < -0.4 is 11.2 Å². The molecule has 0 aliphatic carbocycles. The Hall–Kier alpha value is -1.38. The average Bonchev–Trinajstić information content (AvgIpc) is 2.60. The van der Waals surface area contributed by atoms with E-state index in [4.69, 9.17) is 5.73 Å². The lowest BCUT2D eigenvalue weighted by atomic mass is 9.81. The van der Waals surface area contributed by atoms with Crippen molar-refractivity contribution in [1.82, 2.24) is 4.68 Å². The quantitative estimate of drug-likeness (QED) is 0.843. The van der Waals surface area contributed by atoms with E-state index in [1.807, 2.05) is 0 Å². The van der Waals surface area contributed by atoms with E-state index in [0.717, 1.165) is 24.2 Å². The lowest BCUT2D eigenvalue weighted by molar-refractivity contribution is 0.335. The molecule has 0 saturated heterocycles. The number of hydrogen-bond donors (Lipinski definition) is 2. The fraction of sp³-hybridized carbons (Fsp3) is 0.571. The summed E-state index contributed by atoms with van der Waals surface area (Å²) in [6.07, 6.45) is 6.59. The number of rotatable bonds is 3. The minimum atomic E-state index is -0.0496. The molecule has 3 heteroatoms. The first-order chi connectivity index (χ1) is 8.00. The molecule has 3 nitrogen and oxygen atoms in total. The Morgan fingerprint density at radius 2 is 2.06 bits per heavy atom. The summed E-state index contributed by atoms with van der Waals surface area (Å²) in [5, 5.41) is 0. The van der Waals surface area contributed by atoms with Gasteiger partial charge in [-0.1, -0.05) is 26.7 Å². The zero-order valence-electron chi connectivity index (χ0n) is 11.2. The largest absolute Gasteiger partial charge is 0.397 e. The number of hydrogen-bond acceptors (Lipinski definition) is 2. The van der Waals surface area contributed by atoms with E-state index in [-0.39, 0.29) is 5.54 Å². The number of aryl methyl sites for hydroxylation is 1. The third kappa shape index (κ3) is 1.94. The van der Waals surface area contributed by atoms with Crippen LogP contribution in [0.3, 0.4) is 0 Å². The Morgan fingerprint density at radius 1 is 1.41 bits per heavy atom. The maximum Gasteiger partial charge on any atom is 0.0849 e. The molecular weight excluding hydrogens is 210 g/mol. The first kappa shape index (κ1) is 12.1. The molecule has 2 heterocycles. The van der Waals surface area contributed by atoms with Gasteiger partial charge >= 0.3 is 0 Å². The summed E-state index contributed by atoms with van der Waals surface area (Å²) >= 11 is 0. The maximum atomic E-state index is 6.18. The van der Waals surface area contributed by atoms with Crippen LogP contribution in [-0.4, -0.2) is 10.2 Å². The molecule has 0 amide bonds. The fourth-order valence-electron chi connectivity index (χ4n) is 2.95. The number of fused-ring (bicyclic) bond motifs is 1. The third-order valence-electron chi connectivity index (χ3n) is 3.90. The van der Waals surface area contributed by atoms with Crippen molar-refractivity contribution in [2.24, 2.45) is 11.7 Å². The lowest BCUT2D eigenvalue weighted by Gasteiger charge is -2.40. The molecule has 1 aromatic heterocycles. The number of aromatic nitrogens is 1. The summed E-state index contributed by atoms with van der Waals surface area (Å²) in [5.74, 6) is 0.594. The summed E-state index contributed by atoms with van der Waals surface area (Å²) < 4.78 is 2.07. The predicted octanol–water partition coefficient (Wildman–Crippen LogP) is 2.85. The molecule has 0 fully saturated rings. The van der Waals surface area contributed by atoms with E-state index in [9.17, 15) is 0 Å². The van der Waals surface area contributed by atoms with Gasteiger partial charge in [0.25, 0.3) is 0 Å². The molecule has 0 saturated carbocycles. The second-order valence-corrected chi connectivity index (χ2v) is 5.28. The predicted molar refractivity (Wildman–Crippen MR) is 73.2 cm³/mol. The number of nitrogens with one attached hydrogen (secondary N) is 1. The number of nitrogens with zero attached hydrogens (tertiary/aromatic N) is 1. The van der Waals surface area contributed by atoms with Crippen molar-refractivity contribution < 1.29 is 0 Å². The number of nitrogens with two attached hydrogens (primary N) is 1. The van der Waals surface area contributed by atoms with E-state index in [2.05, 4.69) is 56.1 Å². The highest BCUT2D eigenvalue weighted by molar-refractivity contribution is 5.65. The van der Waals surface area contributed by atoms with Crippen LogP contribution in [-0.2, 0) is 0 Å². The Labute approximate surface area is 104 Å². The summed E-state index contributed by atoms with van der Waals surface area (Å²) in [7, 11) is 0. The van der Waals surface area contributed by atoms with Gasteiger partial charge < -0.3 is 11.2 Å². The average molecular weight is 233 g/mol. The second-order valence-electron chi connectivity index (χ2n) is 5.28. The summed E-state index contributed by atoms with van der Waals surface area (Å²) in [4.78, 5) is 0. The highest BCUT2D eigenvalue weighted by atomic mass is 15.4. The minimum Gasteiger partial charge on any atom is -0.397 e. The highest BCUT2D eigenvalue weighted by Crippen LogP contribution is 2.32. The molecule has 1 aromatic rings. The molecule has 94 valence electrons. The first-order valence-electron chi connectivity index (χ1n) is 6.46. The highest BCUT2D eigenvalue weighted by Gasteiger charge is 2.34. The zero-order chi connectivity index (χ0) is 12.6. The van der Waals surface area contributed by atoms with Gasteiger partial charge in [0.1, 0.15) is 0 Å². The lowest BCUT2D eigenvalue weighted by Crippen LogP contribution is -2.48. The van der Waals surface area contributed by atoms with Crippen LogP contribution in [0.5, 0.6) is 0 Å². The minimum absolute atomic E-state index is 0.0496. The summed E-state index contributed by atoms with van der Waals surface area (Å²) in [5.41, 5.74) is 12.9. The monoisotopic (exact) mass is 233 g/mol. The van der Waals surface area contributed by atoms with Crippen LogP contribution in [0.4, 0.5) is 0 Å². The van der Waals surface area contributed by atoms with E-state index in [1.165, 1.54) is 5.56 Å². The van der Waals surface area contributed by atoms with Crippen molar-refractivity contribution in [3.8, 4) is 0 Å². The van der Waals surface area contributed by atoms with Crippen LogP contribution in [0.2, 0.25) is 0 Å². The van der Waals surface area contributed by atoms with Crippen molar-refractivity contribution in [1.29, 1.82) is 0 Å². The van der Waals surface area contributed by atoms with Crippen LogP contribution in [0.25, 0.3) is 5.70 Å². The molecule has 2 rings (SSSR count). The molecule has 1 aliphatic heterocycles. The topological polar surface area (TPSA) is 43.0 Å². The van der Waals surface area contributed by atoms with Crippen LogP contribution in [0.15, 0.2) is 18.3 Å². The Balaban J connectivity index is 2.40. The van der Waals surface area contributed by atoms with E-state index < -0.39 is 0 Å². The molecule has 1 unspecified atom stereocenters. The molecule has 3 N–H and O–H groups in total. The van der Waals surface area contributed by atoms with Crippen molar-refractivity contribution in [3.05, 3.63) is 29.6 Å². The van der Waals surface area contributed by atoms with Gasteiger partial charge in [0, 0.05) is 6.20 Å². The van der Waals surface area contributed by atoms with Crippen LogP contribution >= 0.6 is 0 Å².